The Labute approximate surface area is 170 Å². The van der Waals surface area contributed by atoms with Gasteiger partial charge in [-0.3, -0.25) is 9.59 Å². The van der Waals surface area contributed by atoms with Crippen molar-refractivity contribution in [1.82, 2.24) is 20.4 Å². The van der Waals surface area contributed by atoms with E-state index in [1.54, 1.807) is 10.9 Å². The molecule has 0 radical (unpaired) electrons. The molecule has 0 aliphatic carbocycles. The number of amides is 2. The molecule has 150 valence electrons. The summed E-state index contributed by atoms with van der Waals surface area (Å²) in [5, 5.41) is 10.0. The quantitative estimate of drug-likeness (QED) is 0.648. The molecule has 0 unspecified atom stereocenters. The fourth-order valence-electron chi connectivity index (χ4n) is 3.01. The van der Waals surface area contributed by atoms with E-state index in [1.807, 2.05) is 49.4 Å². The highest BCUT2D eigenvalue weighted by Crippen LogP contribution is 2.26. The van der Waals surface area contributed by atoms with Crippen LogP contribution in [-0.4, -0.2) is 34.7 Å². The van der Waals surface area contributed by atoms with E-state index >= 15 is 0 Å². The summed E-state index contributed by atoms with van der Waals surface area (Å²) in [6.07, 6.45) is 1.70. The smallest absolute Gasteiger partial charge is 0.255 e. The van der Waals surface area contributed by atoms with Crippen LogP contribution in [-0.2, 0) is 4.79 Å². The average molecular weight is 390 g/mol. The highest BCUT2D eigenvalue weighted by molar-refractivity contribution is 6.01. The van der Waals surface area contributed by atoms with Crippen molar-refractivity contribution in [3.63, 3.8) is 0 Å². The first-order chi connectivity index (χ1) is 14.0. The largest absolute Gasteiger partial charge is 0.355 e. The molecule has 1 heterocycles. The van der Waals surface area contributed by atoms with E-state index in [1.165, 1.54) is 5.56 Å². The van der Waals surface area contributed by atoms with Crippen LogP contribution in [0.3, 0.4) is 0 Å². The Balaban J connectivity index is 1.95. The summed E-state index contributed by atoms with van der Waals surface area (Å²) < 4.78 is 1.69. The number of nitrogens with zero attached hydrogens (tertiary/aromatic N) is 2. The van der Waals surface area contributed by atoms with E-state index in [2.05, 4.69) is 41.7 Å². The molecular weight excluding hydrogens is 364 g/mol. The third-order valence-electron chi connectivity index (χ3n) is 4.61. The summed E-state index contributed by atoms with van der Waals surface area (Å²) in [5.41, 5.74) is 3.94. The van der Waals surface area contributed by atoms with Gasteiger partial charge in [-0.05, 0) is 30.5 Å². The van der Waals surface area contributed by atoms with Crippen LogP contribution in [0.15, 0.2) is 60.8 Å². The van der Waals surface area contributed by atoms with Gasteiger partial charge in [-0.25, -0.2) is 4.68 Å². The molecule has 2 N–H and O–H groups in total. The van der Waals surface area contributed by atoms with Gasteiger partial charge in [0.25, 0.3) is 5.91 Å². The minimum atomic E-state index is -0.332. The van der Waals surface area contributed by atoms with Crippen molar-refractivity contribution < 1.29 is 9.59 Å². The molecule has 3 rings (SSSR count). The Bertz CT molecular complexity index is 976. The van der Waals surface area contributed by atoms with Crippen molar-refractivity contribution in [2.75, 3.05) is 13.1 Å². The zero-order valence-corrected chi connectivity index (χ0v) is 17.0. The lowest BCUT2D eigenvalue weighted by molar-refractivity contribution is -0.120. The predicted molar refractivity (Wildman–Crippen MR) is 114 cm³/mol. The standard InChI is InChI=1S/C23H26N4O2/c1-4-24-21(28)14-25-23(29)20-15-27(19-8-6-5-7-9-19)26-22(20)18-12-10-17(11-13-18)16(2)3/h5-13,15-16H,4,14H2,1-3H3,(H,24,28)(H,25,29). The van der Waals surface area contributed by atoms with E-state index in [0.29, 0.717) is 23.7 Å². The summed E-state index contributed by atoms with van der Waals surface area (Å²) in [4.78, 5) is 24.5. The van der Waals surface area contributed by atoms with Gasteiger partial charge in [0.2, 0.25) is 5.91 Å². The first kappa shape index (κ1) is 20.3. The van der Waals surface area contributed by atoms with E-state index < -0.39 is 0 Å². The van der Waals surface area contributed by atoms with Gasteiger partial charge in [-0.2, -0.15) is 5.10 Å². The van der Waals surface area contributed by atoms with Crippen molar-refractivity contribution in [2.24, 2.45) is 0 Å². The third-order valence-corrected chi connectivity index (χ3v) is 4.61. The summed E-state index contributed by atoms with van der Waals surface area (Å²) >= 11 is 0. The number of benzene rings is 2. The van der Waals surface area contributed by atoms with Crippen LogP contribution in [0.25, 0.3) is 16.9 Å². The topological polar surface area (TPSA) is 76.0 Å². The Morgan fingerprint density at radius 2 is 1.69 bits per heavy atom. The molecule has 0 aliphatic heterocycles. The predicted octanol–water partition coefficient (Wildman–Crippen LogP) is 3.53. The Kier molecular flexibility index (Phi) is 6.44. The van der Waals surface area contributed by atoms with Crippen molar-refractivity contribution in [2.45, 2.75) is 26.7 Å². The average Bonchev–Trinajstić information content (AvgIpc) is 3.18. The number of carbonyl (C=O) groups excluding carboxylic acids is 2. The van der Waals surface area contributed by atoms with Crippen LogP contribution < -0.4 is 10.6 Å². The van der Waals surface area contributed by atoms with Crippen LogP contribution in [0.1, 0.15) is 42.6 Å². The van der Waals surface area contributed by atoms with E-state index in [-0.39, 0.29) is 18.4 Å². The van der Waals surface area contributed by atoms with E-state index in [4.69, 9.17) is 0 Å². The minimum Gasteiger partial charge on any atom is -0.355 e. The second-order valence-electron chi connectivity index (χ2n) is 7.08. The molecule has 0 atom stereocenters. The molecule has 29 heavy (non-hydrogen) atoms. The lowest BCUT2D eigenvalue weighted by atomic mass is 10.00. The molecule has 0 fully saturated rings. The van der Waals surface area contributed by atoms with Crippen molar-refractivity contribution >= 4 is 11.8 Å². The minimum absolute atomic E-state index is 0.0745. The van der Waals surface area contributed by atoms with Gasteiger partial charge >= 0.3 is 0 Å². The first-order valence-corrected chi connectivity index (χ1v) is 9.80. The number of para-hydroxylation sites is 1. The van der Waals surface area contributed by atoms with Crippen molar-refractivity contribution in [1.29, 1.82) is 0 Å². The van der Waals surface area contributed by atoms with Crippen LogP contribution >= 0.6 is 0 Å². The van der Waals surface area contributed by atoms with Gasteiger partial charge < -0.3 is 10.6 Å². The molecule has 1 aromatic heterocycles. The molecule has 2 aromatic carbocycles. The van der Waals surface area contributed by atoms with Crippen LogP contribution in [0, 0.1) is 0 Å². The Hall–Kier alpha value is -3.41. The van der Waals surface area contributed by atoms with Gasteiger partial charge in [0.1, 0.15) is 5.69 Å². The fourth-order valence-corrected chi connectivity index (χ4v) is 3.01. The summed E-state index contributed by atoms with van der Waals surface area (Å²) in [5.74, 6) is -0.133. The second-order valence-corrected chi connectivity index (χ2v) is 7.08. The maximum Gasteiger partial charge on any atom is 0.255 e. The lowest BCUT2D eigenvalue weighted by Crippen LogP contribution is -2.36. The SMILES string of the molecule is CCNC(=O)CNC(=O)c1cn(-c2ccccc2)nc1-c1ccc(C(C)C)cc1. The van der Waals surface area contributed by atoms with Crippen LogP contribution in [0.2, 0.25) is 0 Å². The van der Waals surface area contributed by atoms with Crippen LogP contribution in [0.4, 0.5) is 0 Å². The van der Waals surface area contributed by atoms with E-state index in [9.17, 15) is 9.59 Å². The molecule has 0 saturated carbocycles. The van der Waals surface area contributed by atoms with Crippen molar-refractivity contribution in [3.05, 3.63) is 71.9 Å². The maximum absolute atomic E-state index is 12.8. The van der Waals surface area contributed by atoms with E-state index in [0.717, 1.165) is 11.3 Å². The molecule has 2 amide bonds. The summed E-state index contributed by atoms with van der Waals surface area (Å²) in [6.45, 7) is 6.56. The number of carbonyl (C=O) groups is 2. The fraction of sp³-hybridized carbons (Fsp3) is 0.261. The molecule has 6 heteroatoms. The number of hydrogen-bond acceptors (Lipinski definition) is 3. The highest BCUT2D eigenvalue weighted by Gasteiger charge is 2.19. The number of likely N-dealkylation sites (N-methyl/N-ethyl adjacent to an activating group) is 1. The normalized spacial score (nSPS) is 10.8. The lowest BCUT2D eigenvalue weighted by Gasteiger charge is -2.08. The van der Waals surface area contributed by atoms with Gasteiger partial charge in [0.05, 0.1) is 17.8 Å². The van der Waals surface area contributed by atoms with Crippen molar-refractivity contribution in [3.8, 4) is 16.9 Å². The zero-order valence-electron chi connectivity index (χ0n) is 17.0. The van der Waals surface area contributed by atoms with Gasteiger partial charge in [-0.15, -0.1) is 0 Å². The molecule has 0 aliphatic rings. The second kappa shape index (κ2) is 9.19. The summed E-state index contributed by atoms with van der Waals surface area (Å²) in [7, 11) is 0. The number of nitrogens with one attached hydrogen (secondary N) is 2. The first-order valence-electron chi connectivity index (χ1n) is 9.80. The number of rotatable bonds is 7. The van der Waals surface area contributed by atoms with Gasteiger partial charge in [0, 0.05) is 18.3 Å². The molecule has 6 nitrogen and oxygen atoms in total. The molecule has 3 aromatic rings. The Morgan fingerprint density at radius 3 is 2.31 bits per heavy atom. The maximum atomic E-state index is 12.8. The van der Waals surface area contributed by atoms with Gasteiger partial charge in [0.15, 0.2) is 0 Å². The third kappa shape index (κ3) is 4.90. The monoisotopic (exact) mass is 390 g/mol. The number of aromatic nitrogens is 2. The molecule has 0 saturated heterocycles. The number of hydrogen-bond donors (Lipinski definition) is 2. The van der Waals surface area contributed by atoms with Crippen LogP contribution in [0.5, 0.6) is 0 Å². The molecule has 0 bridgehead atoms. The summed E-state index contributed by atoms with van der Waals surface area (Å²) in [6, 6.07) is 17.7. The molecular formula is C23H26N4O2. The molecule has 0 spiro atoms. The highest BCUT2D eigenvalue weighted by atomic mass is 16.2. The van der Waals surface area contributed by atoms with Gasteiger partial charge in [-0.1, -0.05) is 56.3 Å². The Morgan fingerprint density at radius 1 is 1.00 bits per heavy atom. The zero-order chi connectivity index (χ0) is 20.8.